The molecular weight excluding hydrogens is 200 g/mol. The molecular formula is C8H12N4O3-2. The summed E-state index contributed by atoms with van der Waals surface area (Å²) in [4.78, 5) is 12.0. The minimum Gasteiger partial charge on any atom is -0.775 e. The molecule has 0 spiro atoms. The van der Waals surface area contributed by atoms with E-state index in [1.165, 1.54) is 13.8 Å². The third-order valence-electron chi connectivity index (χ3n) is 2.83. The molecule has 0 aromatic carbocycles. The van der Waals surface area contributed by atoms with E-state index < -0.39 is 11.1 Å². The van der Waals surface area contributed by atoms with Gasteiger partial charge in [-0.15, -0.1) is 0 Å². The topological polar surface area (TPSA) is 113 Å². The molecule has 1 aliphatic carbocycles. The number of Topliss-reactive ketones (excluding diaryl/α,β-unsaturated/α-hetero) is 1. The molecule has 0 unspecified atom stereocenters. The number of hydrogen-bond donors (Lipinski definition) is 0. The van der Waals surface area contributed by atoms with Crippen LogP contribution >= 0.6 is 0 Å². The van der Waals surface area contributed by atoms with Crippen LogP contribution in [0.1, 0.15) is 33.1 Å². The summed E-state index contributed by atoms with van der Waals surface area (Å²) in [6.45, 7) is 3.04. The zero-order valence-corrected chi connectivity index (χ0v) is 8.63. The van der Waals surface area contributed by atoms with E-state index in [4.69, 9.17) is 0 Å². The minimum absolute atomic E-state index is 0.375. The van der Waals surface area contributed by atoms with Crippen LogP contribution in [0.3, 0.4) is 0 Å². The molecule has 1 rings (SSSR count). The summed E-state index contributed by atoms with van der Waals surface area (Å²) in [6, 6.07) is 0. The second kappa shape index (κ2) is 3.92. The molecule has 0 amide bonds. The van der Waals surface area contributed by atoms with Crippen molar-refractivity contribution in [3.63, 3.8) is 0 Å². The van der Waals surface area contributed by atoms with Gasteiger partial charge in [0.2, 0.25) is 0 Å². The first-order chi connectivity index (χ1) is 6.98. The van der Waals surface area contributed by atoms with Gasteiger partial charge in [-0.3, -0.25) is 4.79 Å². The van der Waals surface area contributed by atoms with Crippen molar-refractivity contribution in [2.75, 3.05) is 0 Å². The third-order valence-corrected chi connectivity index (χ3v) is 2.83. The van der Waals surface area contributed by atoms with Crippen LogP contribution in [-0.4, -0.2) is 16.9 Å². The fraction of sp³-hybridized carbons (Fsp3) is 0.875. The van der Waals surface area contributed by atoms with Gasteiger partial charge in [0.05, 0.1) is 0 Å². The van der Waals surface area contributed by atoms with E-state index in [2.05, 4.69) is 20.8 Å². The Kier molecular flexibility index (Phi) is 3.01. The lowest BCUT2D eigenvalue weighted by atomic mass is 9.72. The summed E-state index contributed by atoms with van der Waals surface area (Å²) >= 11 is 0. The standard InChI is InChI=1S/C8H14N4O3/c1-7(9-11-14)4-3-5-8(2,6(7)13)10-12-15/h3-5H2,1-2H3,(H,9,14)(H,10,15)/p-2/t7-,8+. The van der Waals surface area contributed by atoms with Crippen LogP contribution in [0, 0.1) is 10.4 Å². The predicted molar refractivity (Wildman–Crippen MR) is 52.1 cm³/mol. The molecule has 0 radical (unpaired) electrons. The summed E-state index contributed by atoms with van der Waals surface area (Å²) in [5.41, 5.74) is -2.33. The monoisotopic (exact) mass is 212 g/mol. The second-order valence-electron chi connectivity index (χ2n) is 4.09. The fourth-order valence-corrected chi connectivity index (χ4v) is 1.96. The van der Waals surface area contributed by atoms with Crippen molar-refractivity contribution in [1.29, 1.82) is 0 Å². The third kappa shape index (κ3) is 1.95. The van der Waals surface area contributed by atoms with Crippen molar-refractivity contribution in [2.24, 2.45) is 20.8 Å². The molecule has 84 valence electrons. The average molecular weight is 212 g/mol. The summed E-state index contributed by atoms with van der Waals surface area (Å²) in [6.07, 6.45) is 1.54. The maximum Gasteiger partial charge on any atom is 0.190 e. The second-order valence-corrected chi connectivity index (χ2v) is 4.09. The number of carbonyl (C=O) groups excluding carboxylic acids is 1. The van der Waals surface area contributed by atoms with Gasteiger partial charge in [0.25, 0.3) is 0 Å². The molecule has 2 atom stereocenters. The number of hydrogen-bond acceptors (Lipinski definition) is 7. The Morgan fingerprint density at radius 3 is 1.80 bits per heavy atom. The zero-order valence-electron chi connectivity index (χ0n) is 8.63. The van der Waals surface area contributed by atoms with E-state index in [0.717, 1.165) is 0 Å². The van der Waals surface area contributed by atoms with Crippen LogP contribution in [0.4, 0.5) is 0 Å². The van der Waals surface area contributed by atoms with Gasteiger partial charge < -0.3 is 10.4 Å². The van der Waals surface area contributed by atoms with Crippen molar-refractivity contribution >= 4 is 5.78 Å². The highest BCUT2D eigenvalue weighted by Crippen LogP contribution is 2.37. The smallest absolute Gasteiger partial charge is 0.190 e. The molecule has 15 heavy (non-hydrogen) atoms. The van der Waals surface area contributed by atoms with Gasteiger partial charge in [-0.25, -0.2) is 10.6 Å². The molecule has 0 saturated heterocycles. The van der Waals surface area contributed by atoms with Crippen molar-refractivity contribution in [1.82, 2.24) is 0 Å². The van der Waals surface area contributed by atoms with Gasteiger partial charge in [-0.1, -0.05) is 0 Å². The lowest BCUT2D eigenvalue weighted by Crippen LogP contribution is -2.50. The largest absolute Gasteiger partial charge is 0.775 e. The number of ketones is 1. The number of carbonyl (C=O) groups is 1. The van der Waals surface area contributed by atoms with Crippen molar-refractivity contribution in [3.8, 4) is 0 Å². The Balaban J connectivity index is 3.03. The van der Waals surface area contributed by atoms with E-state index in [1.807, 2.05) is 0 Å². The van der Waals surface area contributed by atoms with E-state index >= 15 is 0 Å². The first kappa shape index (κ1) is 11.5. The molecule has 0 heterocycles. The summed E-state index contributed by atoms with van der Waals surface area (Å²) in [7, 11) is 0. The normalized spacial score (nSPS) is 37.9. The Hall–Kier alpha value is -1.53. The summed E-state index contributed by atoms with van der Waals surface area (Å²) in [5, 5.41) is 31.8. The summed E-state index contributed by atoms with van der Waals surface area (Å²) in [5.74, 6) is -0.375. The predicted octanol–water partition coefficient (Wildman–Crippen LogP) is 2.16. The highest BCUT2D eigenvalue weighted by atomic mass is 16.5. The first-order valence-electron chi connectivity index (χ1n) is 4.62. The Morgan fingerprint density at radius 1 is 1.07 bits per heavy atom. The number of nitrogens with zero attached hydrogens (tertiary/aromatic N) is 4. The molecule has 0 aromatic heterocycles. The Labute approximate surface area is 86.8 Å². The van der Waals surface area contributed by atoms with Crippen molar-refractivity contribution < 1.29 is 4.79 Å². The molecule has 1 saturated carbocycles. The van der Waals surface area contributed by atoms with Crippen molar-refractivity contribution in [3.05, 3.63) is 10.4 Å². The van der Waals surface area contributed by atoms with Gasteiger partial charge in [0, 0.05) is 0 Å². The SMILES string of the molecule is C[C@@]1(N=N[O-])CCC[C@](C)(N=N[O-])C1=O. The molecule has 1 fully saturated rings. The van der Waals surface area contributed by atoms with E-state index in [1.54, 1.807) is 0 Å². The molecule has 0 bridgehead atoms. The van der Waals surface area contributed by atoms with E-state index in [9.17, 15) is 15.2 Å². The van der Waals surface area contributed by atoms with Gasteiger partial charge in [-0.05, 0) is 33.1 Å². The maximum absolute atomic E-state index is 12.0. The quantitative estimate of drug-likeness (QED) is 0.516. The average Bonchev–Trinajstić information content (AvgIpc) is 2.15. The van der Waals surface area contributed by atoms with Crippen LogP contribution in [0.15, 0.2) is 20.8 Å². The van der Waals surface area contributed by atoms with Gasteiger partial charge in [0.1, 0.15) is 11.1 Å². The fourth-order valence-electron chi connectivity index (χ4n) is 1.96. The molecule has 0 aliphatic heterocycles. The molecule has 7 heteroatoms. The van der Waals surface area contributed by atoms with Gasteiger partial charge in [0.15, 0.2) is 5.78 Å². The van der Waals surface area contributed by atoms with Crippen LogP contribution in [0.25, 0.3) is 0 Å². The Morgan fingerprint density at radius 2 is 1.47 bits per heavy atom. The van der Waals surface area contributed by atoms with Gasteiger partial charge in [-0.2, -0.15) is 10.2 Å². The lowest BCUT2D eigenvalue weighted by molar-refractivity contribution is -0.131. The summed E-state index contributed by atoms with van der Waals surface area (Å²) < 4.78 is 0. The van der Waals surface area contributed by atoms with Crippen LogP contribution in [0.2, 0.25) is 0 Å². The Bertz CT molecular complexity index is 289. The maximum atomic E-state index is 12.0. The van der Waals surface area contributed by atoms with Crippen LogP contribution < -0.4 is 0 Å². The van der Waals surface area contributed by atoms with Crippen LogP contribution in [-0.2, 0) is 4.79 Å². The van der Waals surface area contributed by atoms with E-state index in [0.29, 0.717) is 19.3 Å². The van der Waals surface area contributed by atoms with Crippen LogP contribution in [0.5, 0.6) is 0 Å². The lowest BCUT2D eigenvalue weighted by Gasteiger charge is -2.36. The zero-order chi connectivity index (χ0) is 11.5. The first-order valence-corrected chi connectivity index (χ1v) is 4.62. The highest BCUT2D eigenvalue weighted by molar-refractivity contribution is 5.96. The number of rotatable bonds is 2. The minimum atomic E-state index is -1.16. The molecule has 0 aromatic rings. The highest BCUT2D eigenvalue weighted by Gasteiger charge is 2.49. The molecule has 0 N–H and O–H groups in total. The molecule has 1 aliphatic rings. The van der Waals surface area contributed by atoms with Gasteiger partial charge >= 0.3 is 0 Å². The van der Waals surface area contributed by atoms with Crippen molar-refractivity contribution in [2.45, 2.75) is 44.2 Å². The van der Waals surface area contributed by atoms with E-state index in [-0.39, 0.29) is 5.78 Å². The molecule has 7 nitrogen and oxygen atoms in total.